The first-order valence-electron chi connectivity index (χ1n) is 6.09. The van der Waals surface area contributed by atoms with Crippen molar-refractivity contribution >= 4 is 5.90 Å². The molecule has 0 aliphatic rings. The van der Waals surface area contributed by atoms with Crippen LogP contribution in [0.5, 0.6) is 0 Å². The monoisotopic (exact) mass is 285 g/mol. The average Bonchev–Trinajstić information content (AvgIpc) is 2.35. The Morgan fingerprint density at radius 3 is 2.70 bits per heavy atom. The molecule has 0 aromatic heterocycles. The Kier molecular flexibility index (Phi) is 9.86. The van der Waals surface area contributed by atoms with Crippen LogP contribution >= 0.6 is 0 Å². The Hall–Kier alpha value is -1.95. The molecule has 0 spiro atoms. The predicted octanol–water partition coefficient (Wildman–Crippen LogP) is 3.07. The zero-order valence-corrected chi connectivity index (χ0v) is 11.9. The molecule has 6 heteroatoms. The van der Waals surface area contributed by atoms with Gasteiger partial charge < -0.3 is 10.2 Å². The molecule has 3 N–H and O–H groups in total. The first kappa shape index (κ1) is 18.0. The SMILES string of the molecule is CC(C)=C/C(=N\C=C\NN)OC/C(F)=C\C=C/C(C)F. The summed E-state index contributed by atoms with van der Waals surface area (Å²) >= 11 is 0. The number of nitrogens with one attached hydrogen (secondary N) is 1. The van der Waals surface area contributed by atoms with Gasteiger partial charge in [0.2, 0.25) is 5.90 Å². The van der Waals surface area contributed by atoms with Crippen molar-refractivity contribution in [3.05, 3.63) is 48.1 Å². The van der Waals surface area contributed by atoms with E-state index >= 15 is 0 Å². The maximum Gasteiger partial charge on any atom is 0.213 e. The number of hydrazine groups is 1. The zero-order valence-electron chi connectivity index (χ0n) is 11.9. The quantitative estimate of drug-likeness (QED) is 0.248. The Morgan fingerprint density at radius 1 is 1.45 bits per heavy atom. The van der Waals surface area contributed by atoms with Crippen LogP contribution in [0.2, 0.25) is 0 Å². The van der Waals surface area contributed by atoms with Crippen molar-refractivity contribution in [3.8, 4) is 0 Å². The smallest absolute Gasteiger partial charge is 0.213 e. The van der Waals surface area contributed by atoms with E-state index in [1.54, 1.807) is 6.08 Å². The molecule has 0 heterocycles. The van der Waals surface area contributed by atoms with E-state index in [9.17, 15) is 8.78 Å². The number of nitrogens with two attached hydrogens (primary N) is 1. The molecule has 0 amide bonds. The summed E-state index contributed by atoms with van der Waals surface area (Å²) in [6, 6.07) is 0. The van der Waals surface area contributed by atoms with E-state index in [2.05, 4.69) is 10.4 Å². The van der Waals surface area contributed by atoms with E-state index in [4.69, 9.17) is 10.6 Å². The molecule has 0 saturated carbocycles. The fourth-order valence-corrected chi connectivity index (χ4v) is 1.02. The molecule has 0 aromatic rings. The third kappa shape index (κ3) is 11.2. The van der Waals surface area contributed by atoms with Gasteiger partial charge in [-0.15, -0.1) is 0 Å². The highest BCUT2D eigenvalue weighted by Crippen LogP contribution is 2.02. The summed E-state index contributed by atoms with van der Waals surface area (Å²) in [5.41, 5.74) is 3.24. The Bertz CT molecular complexity index is 420. The largest absolute Gasteiger partial charge is 0.470 e. The fraction of sp³-hybridized carbons (Fsp3) is 0.357. The molecule has 0 aliphatic carbocycles. The van der Waals surface area contributed by atoms with Crippen LogP contribution in [-0.4, -0.2) is 18.7 Å². The van der Waals surface area contributed by atoms with Gasteiger partial charge in [-0.1, -0.05) is 17.7 Å². The lowest BCUT2D eigenvalue weighted by molar-refractivity contribution is 0.309. The lowest BCUT2D eigenvalue weighted by atomic mass is 10.3. The predicted molar refractivity (Wildman–Crippen MR) is 78.2 cm³/mol. The number of allylic oxidation sites excluding steroid dienone is 4. The summed E-state index contributed by atoms with van der Waals surface area (Å²) < 4.78 is 31.0. The number of halogens is 2. The van der Waals surface area contributed by atoms with Gasteiger partial charge in [0.05, 0.1) is 0 Å². The summed E-state index contributed by atoms with van der Waals surface area (Å²) in [6.07, 6.45) is 7.03. The number of rotatable bonds is 7. The van der Waals surface area contributed by atoms with E-state index < -0.39 is 12.0 Å². The summed E-state index contributed by atoms with van der Waals surface area (Å²) in [6.45, 7) is 4.80. The van der Waals surface area contributed by atoms with Gasteiger partial charge >= 0.3 is 0 Å². The Morgan fingerprint density at radius 2 is 2.15 bits per heavy atom. The number of nitrogens with zero attached hydrogens (tertiary/aromatic N) is 1. The second kappa shape index (κ2) is 10.9. The van der Waals surface area contributed by atoms with Crippen LogP contribution in [0, 0.1) is 0 Å². The van der Waals surface area contributed by atoms with Crippen LogP contribution < -0.4 is 11.3 Å². The van der Waals surface area contributed by atoms with Gasteiger partial charge in [0, 0.05) is 12.4 Å². The highest BCUT2D eigenvalue weighted by Gasteiger charge is 1.99. The standard InChI is InChI=1S/C14H21F2N3O/c1-11(2)9-14(18-7-8-19-17)20-10-13(16)6-4-5-12(3)15/h4-9,12,19H,10,17H2,1-3H3/b5-4-,8-7+,13-6+,18-14+. The van der Waals surface area contributed by atoms with Gasteiger partial charge in [0.15, 0.2) is 0 Å². The summed E-state index contributed by atoms with van der Waals surface area (Å²) in [5.74, 6) is 4.77. The average molecular weight is 285 g/mol. The maximum absolute atomic E-state index is 13.4. The molecule has 1 atom stereocenters. The molecule has 20 heavy (non-hydrogen) atoms. The summed E-state index contributed by atoms with van der Waals surface area (Å²) in [5, 5.41) is 0. The maximum atomic E-state index is 13.4. The molecule has 0 radical (unpaired) electrons. The minimum Gasteiger partial charge on any atom is -0.470 e. The fourth-order valence-electron chi connectivity index (χ4n) is 1.02. The van der Waals surface area contributed by atoms with E-state index in [1.807, 2.05) is 13.8 Å². The van der Waals surface area contributed by atoms with Gasteiger partial charge in [-0.25, -0.2) is 13.8 Å². The lowest BCUT2D eigenvalue weighted by Crippen LogP contribution is -2.12. The first-order chi connectivity index (χ1) is 9.45. The van der Waals surface area contributed by atoms with Crippen molar-refractivity contribution in [2.45, 2.75) is 26.9 Å². The molecule has 0 aliphatic heterocycles. The van der Waals surface area contributed by atoms with Crippen molar-refractivity contribution in [1.29, 1.82) is 0 Å². The topological polar surface area (TPSA) is 59.6 Å². The first-order valence-corrected chi connectivity index (χ1v) is 6.09. The third-order valence-corrected chi connectivity index (χ3v) is 1.80. The molecular weight excluding hydrogens is 264 g/mol. The normalized spacial score (nSPS) is 14.7. The van der Waals surface area contributed by atoms with E-state index in [0.717, 1.165) is 11.6 Å². The number of aliphatic imine (C=N–C) groups is 1. The molecule has 0 bridgehead atoms. The third-order valence-electron chi connectivity index (χ3n) is 1.80. The molecule has 1 unspecified atom stereocenters. The Labute approximate surface area is 118 Å². The van der Waals surface area contributed by atoms with Crippen molar-refractivity contribution < 1.29 is 13.5 Å². The van der Waals surface area contributed by atoms with Gasteiger partial charge in [-0.3, -0.25) is 5.84 Å². The molecule has 0 rings (SSSR count). The Balaban J connectivity index is 4.57. The summed E-state index contributed by atoms with van der Waals surface area (Å²) in [7, 11) is 0. The van der Waals surface area contributed by atoms with Crippen molar-refractivity contribution in [1.82, 2.24) is 5.43 Å². The van der Waals surface area contributed by atoms with Crippen LogP contribution in [0.1, 0.15) is 20.8 Å². The van der Waals surface area contributed by atoms with Gasteiger partial charge in [0.1, 0.15) is 18.6 Å². The van der Waals surface area contributed by atoms with E-state index in [0.29, 0.717) is 0 Å². The van der Waals surface area contributed by atoms with Gasteiger partial charge in [-0.05, 0) is 32.9 Å². The second-order valence-electron chi connectivity index (χ2n) is 4.14. The van der Waals surface area contributed by atoms with E-state index in [1.165, 1.54) is 31.5 Å². The molecular formula is C14H21F2N3O. The number of alkyl halides is 1. The van der Waals surface area contributed by atoms with Gasteiger partial charge in [-0.2, -0.15) is 0 Å². The molecule has 0 aromatic carbocycles. The van der Waals surface area contributed by atoms with Crippen LogP contribution in [0.3, 0.4) is 0 Å². The highest BCUT2D eigenvalue weighted by molar-refractivity contribution is 5.88. The summed E-state index contributed by atoms with van der Waals surface area (Å²) in [4.78, 5) is 3.96. The van der Waals surface area contributed by atoms with Crippen LogP contribution in [-0.2, 0) is 4.74 Å². The number of hydrogen-bond donors (Lipinski definition) is 2. The van der Waals surface area contributed by atoms with Crippen molar-refractivity contribution in [2.24, 2.45) is 10.8 Å². The van der Waals surface area contributed by atoms with Crippen molar-refractivity contribution in [2.75, 3.05) is 6.61 Å². The van der Waals surface area contributed by atoms with Crippen molar-refractivity contribution in [3.63, 3.8) is 0 Å². The second-order valence-corrected chi connectivity index (χ2v) is 4.14. The van der Waals surface area contributed by atoms with E-state index in [-0.39, 0.29) is 12.5 Å². The molecule has 0 saturated heterocycles. The number of ether oxygens (including phenoxy) is 1. The minimum atomic E-state index is -1.11. The minimum absolute atomic E-state index is 0.253. The van der Waals surface area contributed by atoms with Crippen LogP contribution in [0.25, 0.3) is 0 Å². The lowest BCUT2D eigenvalue weighted by Gasteiger charge is -2.04. The van der Waals surface area contributed by atoms with Gasteiger partial charge in [0.25, 0.3) is 0 Å². The zero-order chi connectivity index (χ0) is 15.4. The van der Waals surface area contributed by atoms with Crippen LogP contribution in [0.4, 0.5) is 8.78 Å². The molecule has 4 nitrogen and oxygen atoms in total. The highest BCUT2D eigenvalue weighted by atomic mass is 19.1. The van der Waals surface area contributed by atoms with Crippen LogP contribution in [0.15, 0.2) is 53.1 Å². The molecule has 0 fully saturated rings. The number of hydrogen-bond acceptors (Lipinski definition) is 4. The molecule has 112 valence electrons.